The third-order valence-corrected chi connectivity index (χ3v) is 4.68. The van der Waals surface area contributed by atoms with Crippen molar-refractivity contribution in [1.82, 2.24) is 16.0 Å². The zero-order chi connectivity index (χ0) is 25.4. The molecule has 0 heterocycles. The molecule has 0 spiro atoms. The van der Waals surface area contributed by atoms with Crippen LogP contribution in [0.4, 0.5) is 13.2 Å². The van der Waals surface area contributed by atoms with E-state index >= 15 is 0 Å². The maximum atomic E-state index is 13.0. The van der Waals surface area contributed by atoms with Gasteiger partial charge in [-0.3, -0.25) is 14.4 Å². The first-order valence-electron chi connectivity index (χ1n) is 10.6. The molecule has 0 bridgehead atoms. The van der Waals surface area contributed by atoms with Gasteiger partial charge in [0.1, 0.15) is 0 Å². The fourth-order valence-electron chi connectivity index (χ4n) is 3.02. The molecule has 2 unspecified atom stereocenters. The van der Waals surface area contributed by atoms with Crippen LogP contribution in [0.5, 0.6) is 0 Å². The summed E-state index contributed by atoms with van der Waals surface area (Å²) >= 11 is 0. The van der Waals surface area contributed by atoms with E-state index in [-0.39, 0.29) is 12.0 Å². The predicted octanol–water partition coefficient (Wildman–Crippen LogP) is 1.82. The number of hydrogen-bond donors (Lipinski definition) is 5. The highest BCUT2D eigenvalue weighted by Crippen LogP contribution is 2.30. The van der Waals surface area contributed by atoms with E-state index in [0.29, 0.717) is 31.5 Å². The van der Waals surface area contributed by atoms with Crippen molar-refractivity contribution in [2.45, 2.75) is 58.9 Å². The Labute approximate surface area is 191 Å². The molecule has 1 aromatic rings. The molecule has 2 atom stereocenters. The Balaban J connectivity index is 2.86. The molecule has 1 aromatic carbocycles. The lowest BCUT2D eigenvalue weighted by Crippen LogP contribution is -2.52. The zero-order valence-corrected chi connectivity index (χ0v) is 19.3. The minimum atomic E-state index is -4.73. The molecule has 8 nitrogen and oxygen atoms in total. The van der Waals surface area contributed by atoms with E-state index in [9.17, 15) is 32.7 Å². The molecule has 0 fully saturated rings. The van der Waals surface area contributed by atoms with E-state index in [1.54, 1.807) is 0 Å². The second kappa shape index (κ2) is 12.0. The minimum Gasteiger partial charge on any atom is -0.391 e. The van der Waals surface area contributed by atoms with Gasteiger partial charge in [0.2, 0.25) is 11.8 Å². The van der Waals surface area contributed by atoms with E-state index in [2.05, 4.69) is 16.0 Å². The first-order valence-corrected chi connectivity index (χ1v) is 10.6. The number of aliphatic hydroxyl groups is 1. The van der Waals surface area contributed by atoms with Gasteiger partial charge in [-0.25, -0.2) is 0 Å². The molecular formula is C22H33F3N4O4. The van der Waals surface area contributed by atoms with Gasteiger partial charge in [-0.1, -0.05) is 34.1 Å². The van der Waals surface area contributed by atoms with Crippen LogP contribution in [0.25, 0.3) is 0 Å². The Hall–Kier alpha value is -2.66. The van der Waals surface area contributed by atoms with Gasteiger partial charge >= 0.3 is 6.18 Å². The van der Waals surface area contributed by atoms with Crippen molar-refractivity contribution in [3.63, 3.8) is 0 Å². The fourth-order valence-corrected chi connectivity index (χ4v) is 3.02. The molecule has 1 rings (SSSR count). The van der Waals surface area contributed by atoms with Crippen LogP contribution in [0.3, 0.4) is 0 Å². The zero-order valence-electron chi connectivity index (χ0n) is 19.3. The average molecular weight is 475 g/mol. The molecule has 0 aliphatic carbocycles. The lowest BCUT2D eigenvalue weighted by molar-refractivity contribution is -0.137. The first kappa shape index (κ1) is 28.4. The third kappa shape index (κ3) is 9.79. The molecule has 186 valence electrons. The number of nitrogens with one attached hydrogen (secondary N) is 3. The maximum absolute atomic E-state index is 13.0. The van der Waals surface area contributed by atoms with Crippen molar-refractivity contribution < 1.29 is 32.7 Å². The Morgan fingerprint density at radius 3 is 2.27 bits per heavy atom. The van der Waals surface area contributed by atoms with E-state index in [0.717, 1.165) is 6.07 Å². The minimum absolute atomic E-state index is 0.0126. The summed E-state index contributed by atoms with van der Waals surface area (Å²) in [5.74, 6) is -2.78. The number of primary amides is 1. The molecule has 33 heavy (non-hydrogen) atoms. The van der Waals surface area contributed by atoms with Crippen LogP contribution in [0.15, 0.2) is 18.2 Å². The lowest BCUT2D eigenvalue weighted by atomic mass is 9.96. The maximum Gasteiger partial charge on any atom is 0.416 e. The van der Waals surface area contributed by atoms with Gasteiger partial charge in [0.15, 0.2) is 0 Å². The van der Waals surface area contributed by atoms with Crippen LogP contribution < -0.4 is 21.7 Å². The van der Waals surface area contributed by atoms with E-state index < -0.39 is 59.3 Å². The summed E-state index contributed by atoms with van der Waals surface area (Å²) in [6.07, 6.45) is -4.42. The van der Waals surface area contributed by atoms with Crippen molar-refractivity contribution in [3.05, 3.63) is 34.9 Å². The normalized spacial score (nSPS) is 13.8. The lowest BCUT2D eigenvalue weighted by Gasteiger charge is -2.27. The van der Waals surface area contributed by atoms with E-state index in [1.165, 1.54) is 0 Å². The Morgan fingerprint density at radius 1 is 1.12 bits per heavy atom. The molecule has 0 aliphatic heterocycles. The third-order valence-electron chi connectivity index (χ3n) is 4.68. The Bertz CT molecular complexity index is 838. The number of rotatable bonds is 11. The van der Waals surface area contributed by atoms with Crippen molar-refractivity contribution in [2.75, 3.05) is 19.6 Å². The standard InChI is InChI=1S/C22H33F3N4O4/c1-5-6-17(30)16(10-27-12-21(2,3)4)29-18(31)11-28-20(33)15-9-13(22(23,24)25)7-8-14(15)19(26)32/h7-9,16-17,27,30H,5-6,10-12H2,1-4H3,(H2,26,32)(H,28,33)(H,29,31). The van der Waals surface area contributed by atoms with Crippen LogP contribution in [0.1, 0.15) is 66.8 Å². The number of aliphatic hydroxyl groups excluding tert-OH is 1. The van der Waals surface area contributed by atoms with Crippen molar-refractivity contribution in [1.29, 1.82) is 0 Å². The monoisotopic (exact) mass is 474 g/mol. The predicted molar refractivity (Wildman–Crippen MR) is 117 cm³/mol. The van der Waals surface area contributed by atoms with Crippen molar-refractivity contribution in [2.24, 2.45) is 11.1 Å². The molecule has 0 saturated carbocycles. The van der Waals surface area contributed by atoms with Gasteiger partial charge < -0.3 is 26.8 Å². The average Bonchev–Trinajstić information content (AvgIpc) is 2.69. The molecule has 11 heteroatoms. The molecule has 3 amide bonds. The van der Waals surface area contributed by atoms with Crippen molar-refractivity contribution >= 4 is 17.7 Å². The topological polar surface area (TPSA) is 134 Å². The largest absolute Gasteiger partial charge is 0.416 e. The second-order valence-corrected chi connectivity index (χ2v) is 9.03. The summed E-state index contributed by atoms with van der Waals surface area (Å²) in [7, 11) is 0. The van der Waals surface area contributed by atoms with Crippen LogP contribution in [-0.2, 0) is 11.0 Å². The smallest absolute Gasteiger partial charge is 0.391 e. The number of benzene rings is 1. The Kier molecular flexibility index (Phi) is 10.3. The van der Waals surface area contributed by atoms with E-state index in [1.807, 2.05) is 27.7 Å². The fraction of sp³-hybridized carbons (Fsp3) is 0.591. The molecular weight excluding hydrogens is 441 g/mol. The van der Waals surface area contributed by atoms with Gasteiger partial charge in [-0.2, -0.15) is 13.2 Å². The highest BCUT2D eigenvalue weighted by molar-refractivity contribution is 6.07. The summed E-state index contributed by atoms with van der Waals surface area (Å²) in [5, 5.41) is 18.4. The van der Waals surface area contributed by atoms with Gasteiger partial charge in [-0.15, -0.1) is 0 Å². The highest BCUT2D eigenvalue weighted by Gasteiger charge is 2.32. The SMILES string of the molecule is CCCC(O)C(CNCC(C)(C)C)NC(=O)CNC(=O)c1cc(C(F)(F)F)ccc1C(N)=O. The van der Waals surface area contributed by atoms with Crippen LogP contribution in [0.2, 0.25) is 0 Å². The molecule has 6 N–H and O–H groups in total. The van der Waals surface area contributed by atoms with Crippen molar-refractivity contribution in [3.8, 4) is 0 Å². The number of alkyl halides is 3. The molecule has 0 radical (unpaired) electrons. The second-order valence-electron chi connectivity index (χ2n) is 9.03. The summed E-state index contributed by atoms with van der Waals surface area (Å²) in [4.78, 5) is 36.3. The number of hydrogen-bond acceptors (Lipinski definition) is 5. The number of amides is 3. The number of carbonyl (C=O) groups excluding carboxylic acids is 3. The number of carbonyl (C=O) groups is 3. The number of nitrogens with two attached hydrogens (primary N) is 1. The quantitative estimate of drug-likeness (QED) is 0.334. The highest BCUT2D eigenvalue weighted by atomic mass is 19.4. The van der Waals surface area contributed by atoms with Crippen LogP contribution in [-0.4, -0.2) is 54.6 Å². The molecule has 0 saturated heterocycles. The van der Waals surface area contributed by atoms with Gasteiger partial charge in [0, 0.05) is 13.1 Å². The van der Waals surface area contributed by atoms with Crippen LogP contribution >= 0.6 is 0 Å². The van der Waals surface area contributed by atoms with Gasteiger partial charge in [-0.05, 0) is 30.0 Å². The molecule has 0 aliphatic rings. The number of halogens is 3. The summed E-state index contributed by atoms with van der Waals surface area (Å²) in [6.45, 7) is 8.33. The summed E-state index contributed by atoms with van der Waals surface area (Å²) in [6, 6.07) is 1.34. The molecule has 0 aromatic heterocycles. The summed E-state index contributed by atoms with van der Waals surface area (Å²) in [5.41, 5.74) is 3.03. The van der Waals surface area contributed by atoms with Crippen LogP contribution in [0, 0.1) is 5.41 Å². The summed E-state index contributed by atoms with van der Waals surface area (Å²) < 4.78 is 39.0. The van der Waals surface area contributed by atoms with E-state index in [4.69, 9.17) is 5.73 Å². The Morgan fingerprint density at radius 2 is 1.76 bits per heavy atom. The van der Waals surface area contributed by atoms with Gasteiger partial charge in [0.05, 0.1) is 35.4 Å². The van der Waals surface area contributed by atoms with Gasteiger partial charge in [0.25, 0.3) is 5.91 Å². The first-order chi connectivity index (χ1) is 15.2.